The highest BCUT2D eigenvalue weighted by Gasteiger charge is 2.60. The van der Waals surface area contributed by atoms with Gasteiger partial charge in [-0.15, -0.1) is 0 Å². The van der Waals surface area contributed by atoms with E-state index in [2.05, 4.69) is 55.4 Å². The number of hydrogen-bond acceptors (Lipinski definition) is 3. The Hall–Kier alpha value is -1.38. The van der Waals surface area contributed by atoms with E-state index in [1.54, 1.807) is 0 Å². The van der Waals surface area contributed by atoms with Crippen molar-refractivity contribution in [2.24, 2.45) is 58.2 Å². The van der Waals surface area contributed by atoms with E-state index in [1.807, 2.05) is 32.0 Å². The summed E-state index contributed by atoms with van der Waals surface area (Å²) in [5.74, 6) is 8.05. The molecule has 4 aliphatic rings. The van der Waals surface area contributed by atoms with Crippen molar-refractivity contribution in [3.63, 3.8) is 0 Å². The Morgan fingerprint density at radius 1 is 0.814 bits per heavy atom. The van der Waals surface area contributed by atoms with Crippen molar-refractivity contribution >= 4 is 11.4 Å². The van der Waals surface area contributed by atoms with Gasteiger partial charge in [0.05, 0.1) is 11.8 Å². The van der Waals surface area contributed by atoms with E-state index in [-0.39, 0.29) is 0 Å². The summed E-state index contributed by atoms with van der Waals surface area (Å²) in [5.41, 5.74) is 14.6. The lowest BCUT2D eigenvalue weighted by Gasteiger charge is -2.61. The minimum Gasteiger partial charge on any atom is -0.488 e. The zero-order valence-corrected chi connectivity index (χ0v) is 30.2. The van der Waals surface area contributed by atoms with Gasteiger partial charge in [-0.25, -0.2) is 0 Å². The zero-order valence-electron chi connectivity index (χ0n) is 30.2. The van der Waals surface area contributed by atoms with Gasteiger partial charge in [0.2, 0.25) is 0 Å². The van der Waals surface area contributed by atoms with Crippen molar-refractivity contribution < 1.29 is 4.74 Å². The van der Waals surface area contributed by atoms with Crippen LogP contribution in [0.3, 0.4) is 0 Å². The molecule has 248 valence electrons. The topological polar surface area (TPSA) is 61.3 Å². The van der Waals surface area contributed by atoms with Gasteiger partial charge in [-0.1, -0.05) is 94.9 Å². The predicted octanol–water partition coefficient (Wildman–Crippen LogP) is 11.8. The average Bonchev–Trinajstić information content (AvgIpc) is 3.33. The first-order valence-electron chi connectivity index (χ1n) is 18.7. The standard InChI is InChI=1S/C33H54N2O.C5H12.C2H6/c1-21(2)7-6-8-22(3)27-12-13-28-26-11-9-23-19-25(36-31-14-10-24(34)20-30(31)35)15-17-32(23,4)29(26)16-18-33(27,28)5;1-4-5(2)3;1-2/h10,14,20-23,25-29H,6-9,11-13,15-19,34-35H2,1-5H3;5H,4H2,1-3H3;1-2H3. The van der Waals surface area contributed by atoms with Crippen LogP contribution < -0.4 is 16.2 Å². The molecule has 9 unspecified atom stereocenters. The van der Waals surface area contributed by atoms with Crippen molar-refractivity contribution in [2.45, 2.75) is 159 Å². The number of nitrogen functional groups attached to an aromatic ring is 2. The molecule has 4 N–H and O–H groups in total. The summed E-state index contributed by atoms with van der Waals surface area (Å²) >= 11 is 0. The van der Waals surface area contributed by atoms with Crippen LogP contribution in [-0.2, 0) is 0 Å². The van der Waals surface area contributed by atoms with Gasteiger partial charge in [0.15, 0.2) is 0 Å². The molecule has 0 aliphatic heterocycles. The largest absolute Gasteiger partial charge is 0.488 e. The maximum Gasteiger partial charge on any atom is 0.142 e. The lowest BCUT2D eigenvalue weighted by atomic mass is 9.44. The summed E-state index contributed by atoms with van der Waals surface area (Å²) in [6, 6.07) is 5.69. The van der Waals surface area contributed by atoms with Crippen LogP contribution in [0.25, 0.3) is 0 Å². The van der Waals surface area contributed by atoms with Gasteiger partial charge < -0.3 is 16.2 Å². The molecule has 4 saturated carbocycles. The molecule has 0 amide bonds. The van der Waals surface area contributed by atoms with Crippen molar-refractivity contribution in [3.8, 4) is 5.75 Å². The second-order valence-corrected chi connectivity index (χ2v) is 16.3. The van der Waals surface area contributed by atoms with Crippen molar-refractivity contribution in [3.05, 3.63) is 18.2 Å². The Morgan fingerprint density at radius 3 is 2.09 bits per heavy atom. The molecule has 3 heteroatoms. The second kappa shape index (κ2) is 15.8. The van der Waals surface area contributed by atoms with E-state index in [1.165, 1.54) is 77.0 Å². The smallest absolute Gasteiger partial charge is 0.142 e. The molecular formula is C40H72N2O. The third-order valence-corrected chi connectivity index (χ3v) is 13.0. The summed E-state index contributed by atoms with van der Waals surface area (Å²) in [4.78, 5) is 0. The van der Waals surface area contributed by atoms with E-state index < -0.39 is 0 Å². The first kappa shape index (κ1) is 36.1. The highest BCUT2D eigenvalue weighted by molar-refractivity contribution is 5.60. The fourth-order valence-corrected chi connectivity index (χ4v) is 10.2. The van der Waals surface area contributed by atoms with Gasteiger partial charge in [-0.3, -0.25) is 0 Å². The molecule has 4 aliphatic carbocycles. The van der Waals surface area contributed by atoms with E-state index in [9.17, 15) is 0 Å². The first-order chi connectivity index (χ1) is 20.4. The zero-order chi connectivity index (χ0) is 31.9. The van der Waals surface area contributed by atoms with E-state index >= 15 is 0 Å². The number of fused-ring (bicyclic) bond motifs is 5. The minimum absolute atomic E-state index is 0.293. The lowest BCUT2D eigenvalue weighted by Crippen LogP contribution is -2.54. The molecule has 0 heterocycles. The summed E-state index contributed by atoms with van der Waals surface area (Å²) < 4.78 is 6.46. The van der Waals surface area contributed by atoms with E-state index in [0.29, 0.717) is 28.3 Å². The molecular weight excluding hydrogens is 524 g/mol. The molecule has 0 aromatic heterocycles. The average molecular weight is 597 g/mol. The number of rotatable bonds is 8. The molecule has 43 heavy (non-hydrogen) atoms. The number of anilines is 2. The Balaban J connectivity index is 0.000000657. The Labute approximate surface area is 268 Å². The van der Waals surface area contributed by atoms with Gasteiger partial charge in [0.1, 0.15) is 5.75 Å². The van der Waals surface area contributed by atoms with Crippen LogP contribution in [0.2, 0.25) is 0 Å². The summed E-state index contributed by atoms with van der Waals surface area (Å²) in [6.07, 6.45) is 18.3. The Kier molecular flexibility index (Phi) is 13.2. The normalized spacial score (nSPS) is 35.4. The van der Waals surface area contributed by atoms with Gasteiger partial charge in [-0.05, 0) is 134 Å². The Morgan fingerprint density at radius 2 is 1.47 bits per heavy atom. The maximum atomic E-state index is 6.46. The summed E-state index contributed by atoms with van der Waals surface area (Å²) in [5, 5.41) is 0. The SMILES string of the molecule is CC.CC(C)CCCC(C)C1CCC2C3CCC4CC(Oc5ccc(N)cc5N)CCC4(C)C3CCC12C.CCC(C)C. The van der Waals surface area contributed by atoms with Gasteiger partial charge in [-0.2, -0.15) is 0 Å². The fraction of sp³-hybridized carbons (Fsp3) is 0.850. The number of ether oxygens (including phenoxy) is 1. The van der Waals surface area contributed by atoms with Crippen LogP contribution in [0.15, 0.2) is 18.2 Å². The molecule has 1 aromatic rings. The highest BCUT2D eigenvalue weighted by atomic mass is 16.5. The molecule has 0 saturated heterocycles. The Bertz CT molecular complexity index is 973. The van der Waals surface area contributed by atoms with Crippen molar-refractivity contribution in [1.82, 2.24) is 0 Å². The van der Waals surface area contributed by atoms with Crippen LogP contribution in [-0.4, -0.2) is 6.10 Å². The predicted molar refractivity (Wildman–Crippen MR) is 189 cm³/mol. The molecule has 0 bridgehead atoms. The van der Waals surface area contributed by atoms with E-state index in [0.717, 1.165) is 59.5 Å². The monoisotopic (exact) mass is 597 g/mol. The van der Waals surface area contributed by atoms with Crippen LogP contribution in [0.4, 0.5) is 11.4 Å². The van der Waals surface area contributed by atoms with Gasteiger partial charge in [0, 0.05) is 5.69 Å². The lowest BCUT2D eigenvalue weighted by molar-refractivity contribution is -0.126. The molecule has 1 aromatic carbocycles. The molecule has 0 spiro atoms. The minimum atomic E-state index is 0.293. The third kappa shape index (κ3) is 8.26. The van der Waals surface area contributed by atoms with Crippen molar-refractivity contribution in [1.29, 1.82) is 0 Å². The molecule has 9 atom stereocenters. The number of nitrogens with two attached hydrogens (primary N) is 2. The maximum absolute atomic E-state index is 6.46. The number of benzene rings is 1. The summed E-state index contributed by atoms with van der Waals surface area (Å²) in [7, 11) is 0. The molecule has 5 rings (SSSR count). The quantitative estimate of drug-likeness (QED) is 0.293. The van der Waals surface area contributed by atoms with Crippen LogP contribution in [0.1, 0.15) is 153 Å². The van der Waals surface area contributed by atoms with E-state index in [4.69, 9.17) is 16.2 Å². The molecule has 4 fully saturated rings. The van der Waals surface area contributed by atoms with Crippen LogP contribution >= 0.6 is 0 Å². The third-order valence-electron chi connectivity index (χ3n) is 13.0. The number of hydrogen-bond donors (Lipinski definition) is 2. The van der Waals surface area contributed by atoms with Crippen LogP contribution in [0.5, 0.6) is 5.75 Å². The van der Waals surface area contributed by atoms with Gasteiger partial charge in [0.25, 0.3) is 0 Å². The van der Waals surface area contributed by atoms with Gasteiger partial charge >= 0.3 is 0 Å². The van der Waals surface area contributed by atoms with Crippen molar-refractivity contribution in [2.75, 3.05) is 11.5 Å². The molecule has 0 radical (unpaired) electrons. The summed E-state index contributed by atoms with van der Waals surface area (Å²) in [6.45, 7) is 23.4. The van der Waals surface area contributed by atoms with Crippen LogP contribution in [0, 0.1) is 58.2 Å². The second-order valence-electron chi connectivity index (χ2n) is 16.3. The molecule has 3 nitrogen and oxygen atoms in total. The highest BCUT2D eigenvalue weighted by Crippen LogP contribution is 2.68. The first-order valence-corrected chi connectivity index (χ1v) is 18.7. The fourth-order valence-electron chi connectivity index (χ4n) is 10.2.